The fourth-order valence-electron chi connectivity index (χ4n) is 3.75. The van der Waals surface area contributed by atoms with Crippen molar-refractivity contribution in [3.63, 3.8) is 0 Å². The van der Waals surface area contributed by atoms with Crippen LogP contribution in [0.2, 0.25) is 0 Å². The number of fused-ring (bicyclic) bond motifs is 1. The number of carbonyl (C=O) groups excluding carboxylic acids is 2. The second-order valence-electron chi connectivity index (χ2n) is 8.10. The molecule has 1 atom stereocenters. The lowest BCUT2D eigenvalue weighted by Gasteiger charge is -2.17. The minimum absolute atomic E-state index is 0.166. The summed E-state index contributed by atoms with van der Waals surface area (Å²) in [6, 6.07) is 31.9. The van der Waals surface area contributed by atoms with Gasteiger partial charge in [-0.25, -0.2) is 4.98 Å². The highest BCUT2D eigenvalue weighted by Crippen LogP contribution is 2.38. The Labute approximate surface area is 222 Å². The van der Waals surface area contributed by atoms with Gasteiger partial charge in [0.1, 0.15) is 11.0 Å². The van der Waals surface area contributed by atoms with Crippen molar-refractivity contribution in [2.45, 2.75) is 10.1 Å². The lowest BCUT2D eigenvalue weighted by molar-refractivity contribution is -0.115. The molecule has 4 aromatic carbocycles. The van der Waals surface area contributed by atoms with Crippen LogP contribution in [0.3, 0.4) is 0 Å². The maximum Gasteiger partial charge on any atom is 0.255 e. The summed E-state index contributed by atoms with van der Waals surface area (Å²) in [5.74, 6) is 0.206. The molecule has 1 heterocycles. The van der Waals surface area contributed by atoms with E-state index in [4.69, 9.17) is 4.74 Å². The van der Waals surface area contributed by atoms with E-state index in [0.717, 1.165) is 20.7 Å². The van der Waals surface area contributed by atoms with Crippen LogP contribution in [-0.2, 0) is 4.79 Å². The molecule has 0 radical (unpaired) electrons. The molecule has 5 aromatic rings. The van der Waals surface area contributed by atoms with Crippen molar-refractivity contribution in [2.24, 2.45) is 0 Å². The number of nitrogens with one attached hydrogen (secondary N) is 2. The first kappa shape index (κ1) is 24.5. The number of para-hydroxylation sites is 1. The fraction of sp³-hybridized carbons (Fsp3) is 0.0690. The highest BCUT2D eigenvalue weighted by atomic mass is 32.2. The normalized spacial score (nSPS) is 11.6. The SMILES string of the molecule is COc1cccc(C(=O)Nc2cccc(SC(C(=O)Nc3nc4ccccc4s3)c3ccccc3)c2)c1. The van der Waals surface area contributed by atoms with Gasteiger partial charge < -0.3 is 15.4 Å². The van der Waals surface area contributed by atoms with Gasteiger partial charge in [0.25, 0.3) is 5.91 Å². The summed E-state index contributed by atoms with van der Waals surface area (Å²) in [6.45, 7) is 0. The van der Waals surface area contributed by atoms with Gasteiger partial charge in [-0.15, -0.1) is 11.8 Å². The number of nitrogens with zero attached hydrogens (tertiary/aromatic N) is 1. The summed E-state index contributed by atoms with van der Waals surface area (Å²) in [4.78, 5) is 31.6. The Bertz CT molecular complexity index is 1520. The van der Waals surface area contributed by atoms with Crippen molar-refractivity contribution in [2.75, 3.05) is 17.7 Å². The van der Waals surface area contributed by atoms with Gasteiger partial charge in [0.2, 0.25) is 5.91 Å². The van der Waals surface area contributed by atoms with Crippen LogP contribution >= 0.6 is 23.1 Å². The molecule has 184 valence electrons. The van der Waals surface area contributed by atoms with E-state index >= 15 is 0 Å². The summed E-state index contributed by atoms with van der Waals surface area (Å²) >= 11 is 2.86. The number of carbonyl (C=O) groups is 2. The second kappa shape index (κ2) is 11.3. The monoisotopic (exact) mass is 525 g/mol. The Balaban J connectivity index is 1.35. The van der Waals surface area contributed by atoms with E-state index in [0.29, 0.717) is 22.1 Å². The summed E-state index contributed by atoms with van der Waals surface area (Å²) in [7, 11) is 1.56. The number of ether oxygens (including phenoxy) is 1. The highest BCUT2D eigenvalue weighted by Gasteiger charge is 2.23. The van der Waals surface area contributed by atoms with Gasteiger partial charge in [-0.3, -0.25) is 9.59 Å². The van der Waals surface area contributed by atoms with E-state index in [9.17, 15) is 9.59 Å². The molecule has 0 saturated heterocycles. The third-order valence-corrected chi connectivity index (χ3v) is 7.74. The number of anilines is 2. The van der Waals surface area contributed by atoms with Gasteiger partial charge >= 0.3 is 0 Å². The molecule has 37 heavy (non-hydrogen) atoms. The molecular weight excluding hydrogens is 502 g/mol. The average Bonchev–Trinajstić information content (AvgIpc) is 3.34. The summed E-state index contributed by atoms with van der Waals surface area (Å²) in [5, 5.41) is 5.97. The molecule has 0 spiro atoms. The van der Waals surface area contributed by atoms with Gasteiger partial charge in [-0.2, -0.15) is 0 Å². The molecule has 0 saturated carbocycles. The molecule has 5 rings (SSSR count). The zero-order valence-electron chi connectivity index (χ0n) is 19.9. The van der Waals surface area contributed by atoms with E-state index in [1.807, 2.05) is 78.9 Å². The number of thiazole rings is 1. The first-order valence-corrected chi connectivity index (χ1v) is 13.2. The molecule has 6 nitrogen and oxygen atoms in total. The van der Waals surface area contributed by atoms with Gasteiger partial charge in [-0.1, -0.05) is 65.9 Å². The third-order valence-electron chi connectivity index (χ3n) is 5.54. The van der Waals surface area contributed by atoms with E-state index in [-0.39, 0.29) is 11.8 Å². The average molecular weight is 526 g/mol. The van der Waals surface area contributed by atoms with E-state index < -0.39 is 5.25 Å². The second-order valence-corrected chi connectivity index (χ2v) is 10.3. The molecule has 1 aromatic heterocycles. The Hall–Kier alpha value is -4.14. The first-order valence-electron chi connectivity index (χ1n) is 11.5. The van der Waals surface area contributed by atoms with Crippen LogP contribution in [-0.4, -0.2) is 23.9 Å². The van der Waals surface area contributed by atoms with Crippen LogP contribution in [0.5, 0.6) is 5.75 Å². The van der Waals surface area contributed by atoms with Crippen LogP contribution in [0.1, 0.15) is 21.2 Å². The number of hydrogen-bond donors (Lipinski definition) is 2. The molecule has 0 aliphatic carbocycles. The van der Waals surface area contributed by atoms with Crippen LogP contribution in [0.4, 0.5) is 10.8 Å². The topological polar surface area (TPSA) is 80.3 Å². The van der Waals surface area contributed by atoms with Crippen molar-refractivity contribution >= 4 is 55.9 Å². The molecule has 0 bridgehead atoms. The quantitative estimate of drug-likeness (QED) is 0.213. The lowest BCUT2D eigenvalue weighted by atomic mass is 10.1. The first-order chi connectivity index (χ1) is 18.1. The predicted molar refractivity (Wildman–Crippen MR) is 151 cm³/mol. The minimum atomic E-state index is -0.516. The van der Waals surface area contributed by atoms with Gasteiger partial charge in [0.15, 0.2) is 5.13 Å². The number of amides is 2. The van der Waals surface area contributed by atoms with E-state index in [1.54, 1.807) is 31.4 Å². The van der Waals surface area contributed by atoms with E-state index in [1.165, 1.54) is 23.1 Å². The Kier molecular flexibility index (Phi) is 7.49. The Morgan fingerprint density at radius 1 is 0.865 bits per heavy atom. The molecule has 0 fully saturated rings. The maximum atomic E-state index is 13.5. The molecule has 0 aliphatic rings. The predicted octanol–water partition coefficient (Wildman–Crippen LogP) is 7.03. The van der Waals surface area contributed by atoms with Crippen LogP contribution in [0.15, 0.2) is 108 Å². The summed E-state index contributed by atoms with van der Waals surface area (Å²) < 4.78 is 6.23. The number of aromatic nitrogens is 1. The Morgan fingerprint density at radius 3 is 2.46 bits per heavy atom. The van der Waals surface area contributed by atoms with Crippen molar-refractivity contribution in [1.82, 2.24) is 4.98 Å². The van der Waals surface area contributed by atoms with Crippen molar-refractivity contribution < 1.29 is 14.3 Å². The van der Waals surface area contributed by atoms with Crippen molar-refractivity contribution in [3.05, 3.63) is 114 Å². The summed E-state index contributed by atoms with van der Waals surface area (Å²) in [6.07, 6.45) is 0. The lowest BCUT2D eigenvalue weighted by Crippen LogP contribution is -2.19. The maximum absolute atomic E-state index is 13.5. The largest absolute Gasteiger partial charge is 0.497 e. The van der Waals surface area contributed by atoms with Crippen LogP contribution in [0.25, 0.3) is 10.2 Å². The minimum Gasteiger partial charge on any atom is -0.497 e. The molecule has 0 aliphatic heterocycles. The standard InChI is InChI=1S/C29H23N3O3S2/c1-35-22-13-7-11-20(17-22)27(33)30-21-12-8-14-23(18-21)36-26(19-9-3-2-4-10-19)28(34)32-29-31-24-15-5-6-16-25(24)37-29/h2-18,26H,1H3,(H,30,33)(H,31,32,34). The van der Waals surface area contributed by atoms with Gasteiger partial charge in [-0.05, 0) is 54.1 Å². The molecule has 2 amide bonds. The highest BCUT2D eigenvalue weighted by molar-refractivity contribution is 8.00. The number of benzene rings is 4. The fourth-order valence-corrected chi connectivity index (χ4v) is 5.70. The number of rotatable bonds is 8. The molecule has 2 N–H and O–H groups in total. The van der Waals surface area contributed by atoms with Gasteiger partial charge in [0.05, 0.1) is 17.3 Å². The third kappa shape index (κ3) is 5.99. The number of thioether (sulfide) groups is 1. The van der Waals surface area contributed by atoms with Crippen molar-refractivity contribution in [3.8, 4) is 5.75 Å². The zero-order valence-corrected chi connectivity index (χ0v) is 21.5. The number of methoxy groups -OCH3 is 1. The van der Waals surface area contributed by atoms with Crippen LogP contribution in [0, 0.1) is 0 Å². The number of hydrogen-bond acceptors (Lipinski definition) is 6. The van der Waals surface area contributed by atoms with Gasteiger partial charge in [0, 0.05) is 16.1 Å². The molecule has 8 heteroatoms. The molecular formula is C29H23N3O3S2. The summed E-state index contributed by atoms with van der Waals surface area (Å²) in [5.41, 5.74) is 2.86. The smallest absolute Gasteiger partial charge is 0.255 e. The zero-order chi connectivity index (χ0) is 25.6. The Morgan fingerprint density at radius 2 is 1.65 bits per heavy atom. The van der Waals surface area contributed by atoms with Crippen LogP contribution < -0.4 is 15.4 Å². The van der Waals surface area contributed by atoms with Crippen molar-refractivity contribution in [1.29, 1.82) is 0 Å². The van der Waals surface area contributed by atoms with E-state index in [2.05, 4.69) is 15.6 Å². The molecule has 1 unspecified atom stereocenters.